The van der Waals surface area contributed by atoms with Crippen molar-refractivity contribution in [3.8, 4) is 5.75 Å². The Morgan fingerprint density at radius 1 is 1.11 bits per heavy atom. The second kappa shape index (κ2) is 6.58. The molecule has 0 N–H and O–H groups in total. The van der Waals surface area contributed by atoms with Crippen molar-refractivity contribution in [3.05, 3.63) is 27.3 Å². The molecule has 6 heteroatoms. The fourth-order valence-electron chi connectivity index (χ4n) is 1.19. The molecule has 0 saturated heterocycles. The Bertz CT molecular complexity index is 442. The second-order valence-corrected chi connectivity index (χ2v) is 6.84. The molecule has 0 aliphatic rings. The molecule has 5 nitrogen and oxygen atoms in total. The molecule has 0 fully saturated rings. The van der Waals surface area contributed by atoms with Crippen molar-refractivity contribution in [2.45, 2.75) is 20.8 Å². The monoisotopic (exact) mass is 366 g/mol. The van der Waals surface area contributed by atoms with Crippen molar-refractivity contribution in [3.63, 3.8) is 0 Å². The van der Waals surface area contributed by atoms with Crippen LogP contribution in [0.25, 0.3) is 0 Å². The standard InChI is InChI=1S/C12H15IO5/c1-8-5-6-11(7-12(8)16-4)13(17-9(2)14)18-10(3)15/h5-7H,1-4H3. The number of halogens is 1. The number of hydrogen-bond donors (Lipinski definition) is 0. The van der Waals surface area contributed by atoms with Crippen LogP contribution in [0.1, 0.15) is 19.4 Å². The molecular formula is C12H15IO5. The number of carbonyl (C=O) groups excluding carboxylic acids is 2. The number of benzene rings is 1. The van der Waals surface area contributed by atoms with Crippen LogP contribution in [0, 0.1) is 10.5 Å². The fraction of sp³-hybridized carbons (Fsp3) is 0.333. The van der Waals surface area contributed by atoms with Crippen molar-refractivity contribution in [1.29, 1.82) is 0 Å². The molecule has 0 atom stereocenters. The van der Waals surface area contributed by atoms with Crippen LogP contribution < -0.4 is 4.74 Å². The average Bonchev–Trinajstić information content (AvgIpc) is 2.27. The first-order valence-electron chi connectivity index (χ1n) is 5.16. The summed E-state index contributed by atoms with van der Waals surface area (Å²) >= 11 is -2.74. The quantitative estimate of drug-likeness (QED) is 0.767. The number of hydrogen-bond acceptors (Lipinski definition) is 5. The second-order valence-electron chi connectivity index (χ2n) is 3.47. The normalized spacial score (nSPS) is 10.6. The predicted molar refractivity (Wildman–Crippen MR) is 74.0 cm³/mol. The van der Waals surface area contributed by atoms with Crippen molar-refractivity contribution in [1.82, 2.24) is 0 Å². The molecule has 0 aromatic heterocycles. The van der Waals surface area contributed by atoms with E-state index in [1.54, 1.807) is 19.2 Å². The number of carbonyl (C=O) groups is 2. The van der Waals surface area contributed by atoms with Crippen molar-refractivity contribution in [2.24, 2.45) is 0 Å². The first kappa shape index (κ1) is 14.7. The molecule has 0 unspecified atom stereocenters. The van der Waals surface area contributed by atoms with Crippen molar-refractivity contribution in [2.75, 3.05) is 7.11 Å². The zero-order valence-corrected chi connectivity index (χ0v) is 12.8. The van der Waals surface area contributed by atoms with E-state index in [9.17, 15) is 9.59 Å². The Morgan fingerprint density at radius 3 is 2.11 bits per heavy atom. The molecule has 0 aliphatic heterocycles. The van der Waals surface area contributed by atoms with E-state index in [1.165, 1.54) is 13.8 Å². The van der Waals surface area contributed by atoms with Crippen LogP contribution in [0.15, 0.2) is 18.2 Å². The minimum absolute atomic E-state index is 0.457. The van der Waals surface area contributed by atoms with Gasteiger partial charge in [-0.25, -0.2) is 0 Å². The minimum atomic E-state index is -2.74. The van der Waals surface area contributed by atoms with E-state index in [0.29, 0.717) is 9.32 Å². The van der Waals surface area contributed by atoms with Crippen LogP contribution in [-0.2, 0) is 15.7 Å². The van der Waals surface area contributed by atoms with Crippen LogP contribution in [0.3, 0.4) is 0 Å². The van der Waals surface area contributed by atoms with Crippen LogP contribution >= 0.6 is 20.6 Å². The van der Waals surface area contributed by atoms with Crippen LogP contribution in [-0.4, -0.2) is 19.0 Å². The van der Waals surface area contributed by atoms with Gasteiger partial charge in [0.1, 0.15) is 0 Å². The van der Waals surface area contributed by atoms with Crippen LogP contribution in [0.4, 0.5) is 0 Å². The Balaban J connectivity index is 3.03. The summed E-state index contributed by atoms with van der Waals surface area (Å²) < 4.78 is 16.1. The van der Waals surface area contributed by atoms with Gasteiger partial charge in [0.2, 0.25) is 0 Å². The predicted octanol–water partition coefficient (Wildman–Crippen LogP) is 2.64. The molecule has 1 aromatic carbocycles. The van der Waals surface area contributed by atoms with Crippen LogP contribution in [0.5, 0.6) is 5.75 Å². The molecule has 100 valence electrons. The molecule has 0 bridgehead atoms. The van der Waals surface area contributed by atoms with Gasteiger partial charge in [0.15, 0.2) is 0 Å². The van der Waals surface area contributed by atoms with Gasteiger partial charge >= 0.3 is 114 Å². The summed E-state index contributed by atoms with van der Waals surface area (Å²) in [7, 11) is 1.56. The van der Waals surface area contributed by atoms with Gasteiger partial charge in [0.25, 0.3) is 0 Å². The molecule has 0 amide bonds. The van der Waals surface area contributed by atoms with Gasteiger partial charge in [0.05, 0.1) is 0 Å². The molecule has 1 rings (SSSR count). The van der Waals surface area contributed by atoms with E-state index in [2.05, 4.69) is 0 Å². The Hall–Kier alpha value is -1.31. The third kappa shape index (κ3) is 4.17. The van der Waals surface area contributed by atoms with Gasteiger partial charge < -0.3 is 0 Å². The number of rotatable bonds is 4. The first-order chi connectivity index (χ1) is 8.43. The van der Waals surface area contributed by atoms with Gasteiger partial charge in [-0.05, 0) is 0 Å². The average molecular weight is 366 g/mol. The van der Waals surface area contributed by atoms with E-state index < -0.39 is 32.6 Å². The van der Waals surface area contributed by atoms with Gasteiger partial charge in [0, 0.05) is 0 Å². The Morgan fingerprint density at radius 2 is 1.67 bits per heavy atom. The fourth-order valence-corrected chi connectivity index (χ4v) is 3.93. The summed E-state index contributed by atoms with van der Waals surface area (Å²) in [6, 6.07) is 5.37. The van der Waals surface area contributed by atoms with E-state index >= 15 is 0 Å². The van der Waals surface area contributed by atoms with Crippen molar-refractivity contribution < 1.29 is 20.5 Å². The Kier molecular flexibility index (Phi) is 5.39. The van der Waals surface area contributed by atoms with E-state index in [4.69, 9.17) is 10.9 Å². The maximum absolute atomic E-state index is 11.0. The summed E-state index contributed by atoms with van der Waals surface area (Å²) in [5.41, 5.74) is 0.961. The summed E-state index contributed by atoms with van der Waals surface area (Å²) in [4.78, 5) is 22.0. The molecule has 1 aromatic rings. The third-order valence-electron chi connectivity index (χ3n) is 1.91. The molecular weight excluding hydrogens is 351 g/mol. The molecule has 0 aliphatic carbocycles. The number of methoxy groups -OCH3 is 1. The summed E-state index contributed by atoms with van der Waals surface area (Å²) in [6.07, 6.45) is 0. The van der Waals surface area contributed by atoms with Gasteiger partial charge in [-0.15, -0.1) is 0 Å². The van der Waals surface area contributed by atoms with E-state index in [-0.39, 0.29) is 0 Å². The SMILES string of the molecule is COc1cc(I(OC(C)=O)OC(C)=O)ccc1C. The number of ether oxygens (including phenoxy) is 1. The van der Waals surface area contributed by atoms with Gasteiger partial charge in [-0.2, -0.15) is 0 Å². The summed E-state index contributed by atoms with van der Waals surface area (Å²) in [5, 5.41) is 0. The van der Waals surface area contributed by atoms with Gasteiger partial charge in [-0.1, -0.05) is 0 Å². The third-order valence-corrected chi connectivity index (χ3v) is 5.63. The zero-order chi connectivity index (χ0) is 13.7. The maximum atomic E-state index is 11.0. The molecule has 18 heavy (non-hydrogen) atoms. The van der Waals surface area contributed by atoms with Gasteiger partial charge in [-0.3, -0.25) is 0 Å². The van der Waals surface area contributed by atoms with E-state index in [0.717, 1.165) is 5.56 Å². The van der Waals surface area contributed by atoms with E-state index in [1.807, 2.05) is 13.0 Å². The Labute approximate surface area is 114 Å². The first-order valence-corrected chi connectivity index (χ1v) is 8.00. The van der Waals surface area contributed by atoms with Crippen LogP contribution in [0.2, 0.25) is 0 Å². The molecule has 0 saturated carbocycles. The number of aryl methyl sites for hydroxylation is 1. The topological polar surface area (TPSA) is 61.8 Å². The summed E-state index contributed by atoms with van der Waals surface area (Å²) in [5.74, 6) is -0.240. The molecule has 0 heterocycles. The van der Waals surface area contributed by atoms with Crippen molar-refractivity contribution >= 4 is 32.6 Å². The summed E-state index contributed by atoms with van der Waals surface area (Å²) in [6.45, 7) is 4.48. The molecule has 0 spiro atoms. The zero-order valence-electron chi connectivity index (χ0n) is 10.7. The molecule has 0 radical (unpaired) electrons.